The molecule has 1 aliphatic carbocycles. The van der Waals surface area contributed by atoms with Gasteiger partial charge >= 0.3 is 0 Å². The van der Waals surface area contributed by atoms with Crippen molar-refractivity contribution < 1.29 is 13.9 Å². The third kappa shape index (κ3) is 1.87. The zero-order valence-corrected chi connectivity index (χ0v) is 8.05. The lowest BCUT2D eigenvalue weighted by atomic mass is 9.94. The van der Waals surface area contributed by atoms with Crippen LogP contribution in [0, 0.1) is 5.82 Å². The van der Waals surface area contributed by atoms with E-state index in [1.807, 2.05) is 0 Å². The van der Waals surface area contributed by atoms with Crippen molar-refractivity contribution in [3.05, 3.63) is 29.0 Å². The molecule has 0 unspecified atom stereocenters. The molecule has 0 amide bonds. The highest BCUT2D eigenvalue weighted by Crippen LogP contribution is 2.29. The van der Waals surface area contributed by atoms with Crippen LogP contribution in [0.2, 0.25) is 5.02 Å². The van der Waals surface area contributed by atoms with Crippen molar-refractivity contribution >= 4 is 17.4 Å². The molecule has 1 fully saturated rings. The van der Waals surface area contributed by atoms with E-state index in [2.05, 4.69) is 0 Å². The van der Waals surface area contributed by atoms with Crippen LogP contribution in [0.3, 0.4) is 0 Å². The summed E-state index contributed by atoms with van der Waals surface area (Å²) in [5.41, 5.74) is 0. The Labute approximate surface area is 85.6 Å². The van der Waals surface area contributed by atoms with E-state index in [1.54, 1.807) is 0 Å². The maximum absolute atomic E-state index is 12.8. The van der Waals surface area contributed by atoms with Gasteiger partial charge in [-0.15, -0.1) is 0 Å². The van der Waals surface area contributed by atoms with Crippen molar-refractivity contribution in [2.75, 3.05) is 0 Å². The number of ether oxygens (including phenoxy) is 1. The molecule has 0 aliphatic heterocycles. The number of benzene rings is 1. The Morgan fingerprint density at radius 3 is 2.79 bits per heavy atom. The van der Waals surface area contributed by atoms with E-state index < -0.39 is 5.82 Å². The number of halogens is 2. The van der Waals surface area contributed by atoms with Crippen molar-refractivity contribution in [2.45, 2.75) is 18.9 Å². The summed E-state index contributed by atoms with van der Waals surface area (Å²) in [7, 11) is 0. The summed E-state index contributed by atoms with van der Waals surface area (Å²) >= 11 is 5.78. The predicted molar refractivity (Wildman–Crippen MR) is 50.1 cm³/mol. The highest BCUT2D eigenvalue weighted by molar-refractivity contribution is 6.32. The molecule has 74 valence electrons. The van der Waals surface area contributed by atoms with Crippen LogP contribution in [0.4, 0.5) is 4.39 Å². The molecule has 4 heteroatoms. The summed E-state index contributed by atoms with van der Waals surface area (Å²) in [6, 6.07) is 3.93. The van der Waals surface area contributed by atoms with E-state index in [0.29, 0.717) is 23.6 Å². The highest BCUT2D eigenvalue weighted by Gasteiger charge is 2.28. The van der Waals surface area contributed by atoms with Crippen LogP contribution in [0.1, 0.15) is 12.8 Å². The lowest BCUT2D eigenvalue weighted by molar-refractivity contribution is -0.129. The summed E-state index contributed by atoms with van der Waals surface area (Å²) in [5.74, 6) is 0.0849. The van der Waals surface area contributed by atoms with Gasteiger partial charge in [0.25, 0.3) is 0 Å². The molecule has 0 radical (unpaired) electrons. The average molecular weight is 215 g/mol. The third-order valence-corrected chi connectivity index (χ3v) is 2.41. The second-order valence-corrected chi connectivity index (χ2v) is 3.67. The van der Waals surface area contributed by atoms with Gasteiger partial charge in [0.15, 0.2) is 0 Å². The fourth-order valence-electron chi connectivity index (χ4n) is 1.28. The van der Waals surface area contributed by atoms with Crippen molar-refractivity contribution in [1.29, 1.82) is 0 Å². The zero-order valence-electron chi connectivity index (χ0n) is 7.30. The molecule has 0 N–H and O–H groups in total. The lowest BCUT2D eigenvalue weighted by Gasteiger charge is -2.25. The molecule has 0 atom stereocenters. The molecule has 0 saturated heterocycles. The van der Waals surface area contributed by atoms with E-state index in [-0.39, 0.29) is 11.9 Å². The van der Waals surface area contributed by atoms with Gasteiger partial charge in [-0.1, -0.05) is 11.6 Å². The Balaban J connectivity index is 2.08. The number of carbonyl (C=O) groups excluding carboxylic acids is 1. The van der Waals surface area contributed by atoms with E-state index in [9.17, 15) is 9.18 Å². The maximum Gasteiger partial charge on any atom is 0.141 e. The Hall–Kier alpha value is -1.09. The first-order valence-corrected chi connectivity index (χ1v) is 4.66. The van der Waals surface area contributed by atoms with E-state index in [0.717, 1.165) is 0 Å². The summed E-state index contributed by atoms with van der Waals surface area (Å²) in [6.07, 6.45) is 0.654. The predicted octanol–water partition coefficient (Wildman–Crippen LogP) is 2.59. The summed E-state index contributed by atoms with van der Waals surface area (Å²) in [4.78, 5) is 10.7. The van der Waals surface area contributed by atoms with E-state index >= 15 is 0 Å². The second kappa shape index (κ2) is 3.58. The smallest absolute Gasteiger partial charge is 0.141 e. The Morgan fingerprint density at radius 2 is 2.14 bits per heavy atom. The molecule has 0 bridgehead atoms. The van der Waals surface area contributed by atoms with Gasteiger partial charge in [-0.25, -0.2) is 4.39 Å². The fraction of sp³-hybridized carbons (Fsp3) is 0.300. The summed E-state index contributed by atoms with van der Waals surface area (Å²) < 4.78 is 18.1. The van der Waals surface area contributed by atoms with Crippen molar-refractivity contribution in [2.24, 2.45) is 0 Å². The number of ketones is 1. The van der Waals surface area contributed by atoms with E-state index in [4.69, 9.17) is 16.3 Å². The van der Waals surface area contributed by atoms with Gasteiger partial charge in [0, 0.05) is 18.9 Å². The van der Waals surface area contributed by atoms with Crippen LogP contribution >= 0.6 is 11.6 Å². The van der Waals surface area contributed by atoms with Gasteiger partial charge in [0.1, 0.15) is 23.5 Å². The van der Waals surface area contributed by atoms with Crippen LogP contribution in [0.5, 0.6) is 5.75 Å². The Bertz CT molecular complexity index is 370. The number of Topliss-reactive ketones (excluding diaryl/α,β-unsaturated/α-hetero) is 1. The van der Waals surface area contributed by atoms with E-state index in [1.165, 1.54) is 18.2 Å². The van der Waals surface area contributed by atoms with Crippen LogP contribution in [0.15, 0.2) is 18.2 Å². The van der Waals surface area contributed by atoms with Gasteiger partial charge in [0.05, 0.1) is 5.02 Å². The minimum absolute atomic E-state index is 0.137. The Morgan fingerprint density at radius 1 is 1.43 bits per heavy atom. The Kier molecular flexibility index (Phi) is 2.42. The van der Waals surface area contributed by atoms with Crippen molar-refractivity contribution in [1.82, 2.24) is 0 Å². The molecule has 1 aromatic rings. The summed E-state index contributed by atoms with van der Waals surface area (Å²) in [6.45, 7) is 0. The number of carbonyl (C=O) groups is 1. The molecule has 1 aromatic carbocycles. The second-order valence-electron chi connectivity index (χ2n) is 3.26. The van der Waals surface area contributed by atoms with Crippen LogP contribution in [-0.2, 0) is 4.79 Å². The number of rotatable bonds is 2. The molecule has 2 nitrogen and oxygen atoms in total. The lowest BCUT2D eigenvalue weighted by Crippen LogP contribution is -2.33. The van der Waals surface area contributed by atoms with Crippen molar-refractivity contribution in [3.63, 3.8) is 0 Å². The zero-order chi connectivity index (χ0) is 10.1. The van der Waals surface area contributed by atoms with Gasteiger partial charge in [-0.2, -0.15) is 0 Å². The van der Waals surface area contributed by atoms with Crippen molar-refractivity contribution in [3.8, 4) is 5.75 Å². The molecule has 1 aliphatic rings. The molecule has 2 rings (SSSR count). The molecule has 0 heterocycles. The third-order valence-electron chi connectivity index (χ3n) is 2.10. The monoisotopic (exact) mass is 214 g/mol. The fourth-order valence-corrected chi connectivity index (χ4v) is 1.44. The largest absolute Gasteiger partial charge is 0.488 e. The van der Waals surface area contributed by atoms with Gasteiger partial charge in [-0.05, 0) is 12.1 Å². The standard InChI is InChI=1S/C10H8ClFO2/c11-9-2-1-6(12)3-10(9)14-8-4-7(13)5-8/h1-3,8H,4-5H2. The molecule has 14 heavy (non-hydrogen) atoms. The quantitative estimate of drug-likeness (QED) is 0.757. The van der Waals surface area contributed by atoms with Crippen LogP contribution in [-0.4, -0.2) is 11.9 Å². The number of hydrogen-bond donors (Lipinski definition) is 0. The molecule has 0 aromatic heterocycles. The average Bonchev–Trinajstić information content (AvgIpc) is 2.09. The topological polar surface area (TPSA) is 26.3 Å². The van der Waals surface area contributed by atoms with Crippen LogP contribution < -0.4 is 4.74 Å². The first-order chi connectivity index (χ1) is 6.65. The van der Waals surface area contributed by atoms with Gasteiger partial charge in [-0.3, -0.25) is 4.79 Å². The van der Waals surface area contributed by atoms with Gasteiger partial charge < -0.3 is 4.74 Å². The summed E-state index contributed by atoms with van der Waals surface area (Å²) in [5, 5.41) is 0.366. The minimum atomic E-state index is -0.393. The first-order valence-electron chi connectivity index (χ1n) is 4.28. The SMILES string of the molecule is O=C1CC(Oc2cc(F)ccc2Cl)C1. The van der Waals surface area contributed by atoms with Gasteiger partial charge in [0.2, 0.25) is 0 Å². The molecule has 1 saturated carbocycles. The molecule has 0 spiro atoms. The van der Waals surface area contributed by atoms with Crippen LogP contribution in [0.25, 0.3) is 0 Å². The highest BCUT2D eigenvalue weighted by atomic mass is 35.5. The minimum Gasteiger partial charge on any atom is -0.488 e. The normalized spacial score (nSPS) is 16.6. The molecular formula is C10H8ClFO2. The first kappa shape index (κ1) is 9.46. The number of hydrogen-bond acceptors (Lipinski definition) is 2. The maximum atomic E-state index is 12.8. The molecular weight excluding hydrogens is 207 g/mol.